The van der Waals surface area contributed by atoms with Crippen LogP contribution in [0.2, 0.25) is 0 Å². The lowest BCUT2D eigenvalue weighted by Crippen LogP contribution is -2.30. The predicted octanol–water partition coefficient (Wildman–Crippen LogP) is 1.19. The van der Waals surface area contributed by atoms with Crippen molar-refractivity contribution < 1.29 is 4.39 Å². The van der Waals surface area contributed by atoms with Crippen LogP contribution in [0, 0.1) is 11.7 Å². The maximum absolute atomic E-state index is 13.8. The van der Waals surface area contributed by atoms with Gasteiger partial charge in [0.25, 0.3) is 0 Å². The second-order valence-corrected chi connectivity index (χ2v) is 6.19. The smallest absolute Gasteiger partial charge is 0.275 e. The van der Waals surface area contributed by atoms with Crippen LogP contribution >= 0.6 is 0 Å². The fraction of sp³-hybridized carbons (Fsp3) is 0.500. The molecule has 1 saturated heterocycles. The molecule has 0 amide bonds. The Morgan fingerprint density at radius 3 is 2.61 bits per heavy atom. The molecule has 1 aromatic heterocycles. The Morgan fingerprint density at radius 2 is 1.91 bits per heavy atom. The van der Waals surface area contributed by atoms with Gasteiger partial charge in [-0.1, -0.05) is 18.2 Å². The number of hydrogen-bond donors (Lipinski definition) is 3. The number of hydrazine groups is 1. The van der Waals surface area contributed by atoms with Gasteiger partial charge in [0, 0.05) is 24.1 Å². The first-order chi connectivity index (χ1) is 11.1. The minimum absolute atomic E-state index is 0.198. The molecule has 7 heteroatoms. The van der Waals surface area contributed by atoms with E-state index in [9.17, 15) is 9.18 Å². The maximum Gasteiger partial charge on any atom is 0.343 e. The molecule has 23 heavy (non-hydrogen) atoms. The molecule has 1 aliphatic heterocycles. The van der Waals surface area contributed by atoms with Crippen LogP contribution in [-0.2, 0) is 13.0 Å². The van der Waals surface area contributed by atoms with Gasteiger partial charge < -0.3 is 0 Å². The molecule has 0 radical (unpaired) electrons. The topological polar surface area (TPSA) is 74.7 Å². The highest BCUT2D eigenvalue weighted by atomic mass is 19.1. The van der Waals surface area contributed by atoms with E-state index in [4.69, 9.17) is 0 Å². The molecule has 0 spiro atoms. The first kappa shape index (κ1) is 15.9. The van der Waals surface area contributed by atoms with Gasteiger partial charge in [0.2, 0.25) is 0 Å². The molecule has 1 aliphatic rings. The van der Waals surface area contributed by atoms with Gasteiger partial charge in [-0.25, -0.2) is 14.3 Å². The van der Waals surface area contributed by atoms with Gasteiger partial charge in [0.05, 0.1) is 6.54 Å². The molecule has 2 aromatic rings. The zero-order valence-corrected chi connectivity index (χ0v) is 13.3. The van der Waals surface area contributed by atoms with Crippen molar-refractivity contribution in [2.24, 2.45) is 5.92 Å². The Morgan fingerprint density at radius 1 is 1.22 bits per heavy atom. The normalized spacial score (nSPS) is 24.2. The van der Waals surface area contributed by atoms with Crippen LogP contribution in [0.15, 0.2) is 29.1 Å². The van der Waals surface area contributed by atoms with Crippen molar-refractivity contribution in [3.63, 3.8) is 0 Å². The molecule has 0 aliphatic carbocycles. The summed E-state index contributed by atoms with van der Waals surface area (Å²) in [5.41, 5.74) is 6.64. The van der Waals surface area contributed by atoms with Gasteiger partial charge in [-0.3, -0.25) is 15.4 Å². The Kier molecular flexibility index (Phi) is 4.58. The van der Waals surface area contributed by atoms with Gasteiger partial charge in [0.15, 0.2) is 0 Å². The predicted molar refractivity (Wildman–Crippen MR) is 85.4 cm³/mol. The molecule has 1 fully saturated rings. The van der Waals surface area contributed by atoms with Crippen molar-refractivity contribution in [3.8, 4) is 0 Å². The highest BCUT2D eigenvalue weighted by Crippen LogP contribution is 2.20. The summed E-state index contributed by atoms with van der Waals surface area (Å²) in [4.78, 5) is 12.0. The molecule has 2 heterocycles. The summed E-state index contributed by atoms with van der Waals surface area (Å²) < 4.78 is 15.3. The Labute approximate surface area is 134 Å². The van der Waals surface area contributed by atoms with Crippen LogP contribution < -0.4 is 16.5 Å². The summed E-state index contributed by atoms with van der Waals surface area (Å²) in [5.74, 6) is 0.825. The minimum atomic E-state index is -0.307. The lowest BCUT2D eigenvalue weighted by Gasteiger charge is -2.17. The largest absolute Gasteiger partial charge is 0.343 e. The summed E-state index contributed by atoms with van der Waals surface area (Å²) in [5, 5.41) is 6.59. The quantitative estimate of drug-likeness (QED) is 0.774. The van der Waals surface area contributed by atoms with Gasteiger partial charge in [-0.15, -0.1) is 0 Å². The van der Waals surface area contributed by atoms with Gasteiger partial charge in [0.1, 0.15) is 11.6 Å². The van der Waals surface area contributed by atoms with Gasteiger partial charge in [-0.05, 0) is 32.3 Å². The molecule has 2 unspecified atom stereocenters. The summed E-state index contributed by atoms with van der Waals surface area (Å²) in [6, 6.07) is 7.24. The van der Waals surface area contributed by atoms with E-state index in [1.807, 2.05) is 0 Å². The van der Waals surface area contributed by atoms with E-state index in [-0.39, 0.29) is 18.1 Å². The summed E-state index contributed by atoms with van der Waals surface area (Å²) >= 11 is 0. The SMILES string of the molecule is CC1NNC(C)C1CCc1n[nH]c(=O)n1Cc1ccccc1F. The molecule has 2 atom stereocenters. The van der Waals surface area contributed by atoms with Crippen molar-refractivity contribution >= 4 is 0 Å². The minimum Gasteiger partial charge on any atom is -0.275 e. The molecule has 3 rings (SSSR count). The van der Waals surface area contributed by atoms with E-state index in [0.717, 1.165) is 6.42 Å². The Balaban J connectivity index is 1.74. The average molecular weight is 319 g/mol. The average Bonchev–Trinajstić information content (AvgIpc) is 3.04. The van der Waals surface area contributed by atoms with Gasteiger partial charge in [-0.2, -0.15) is 5.10 Å². The highest BCUT2D eigenvalue weighted by Gasteiger charge is 2.29. The molecular weight excluding hydrogens is 297 g/mol. The second-order valence-electron chi connectivity index (χ2n) is 6.19. The third-order valence-corrected chi connectivity index (χ3v) is 4.65. The number of hydrogen-bond acceptors (Lipinski definition) is 4. The summed E-state index contributed by atoms with van der Waals surface area (Å²) in [6.07, 6.45) is 1.58. The highest BCUT2D eigenvalue weighted by molar-refractivity contribution is 5.18. The Hall–Kier alpha value is -1.99. The fourth-order valence-corrected chi connectivity index (χ4v) is 3.21. The fourth-order valence-electron chi connectivity index (χ4n) is 3.21. The zero-order valence-electron chi connectivity index (χ0n) is 13.3. The molecule has 3 N–H and O–H groups in total. The zero-order chi connectivity index (χ0) is 16.4. The lowest BCUT2D eigenvalue weighted by molar-refractivity contribution is 0.407. The van der Waals surface area contributed by atoms with Crippen LogP contribution in [0.5, 0.6) is 0 Å². The number of aromatic amines is 1. The van der Waals surface area contributed by atoms with Crippen molar-refractivity contribution in [1.82, 2.24) is 25.6 Å². The number of nitrogens with one attached hydrogen (secondary N) is 3. The number of halogens is 1. The number of benzene rings is 1. The Bertz CT molecular complexity index is 715. The number of rotatable bonds is 5. The second kappa shape index (κ2) is 6.64. The standard InChI is InChI=1S/C16H22FN5O/c1-10-13(11(2)19-18-10)7-8-15-20-21-16(23)22(15)9-12-5-3-4-6-14(12)17/h3-6,10-11,13,18-19H,7-9H2,1-2H3,(H,21,23). The lowest BCUT2D eigenvalue weighted by atomic mass is 9.91. The number of aryl methyl sites for hydroxylation is 1. The van der Waals surface area contributed by atoms with Crippen molar-refractivity contribution in [2.45, 2.75) is 45.3 Å². The molecule has 0 saturated carbocycles. The van der Waals surface area contributed by atoms with Crippen LogP contribution in [0.1, 0.15) is 31.7 Å². The van der Waals surface area contributed by atoms with E-state index in [1.165, 1.54) is 10.6 Å². The van der Waals surface area contributed by atoms with Crippen molar-refractivity contribution in [1.29, 1.82) is 0 Å². The van der Waals surface area contributed by atoms with Crippen LogP contribution in [0.3, 0.4) is 0 Å². The monoisotopic (exact) mass is 319 g/mol. The van der Waals surface area contributed by atoms with E-state index >= 15 is 0 Å². The number of nitrogens with zero attached hydrogens (tertiary/aromatic N) is 2. The number of aromatic nitrogens is 3. The molecule has 1 aromatic carbocycles. The van der Waals surface area contributed by atoms with Crippen LogP contribution in [0.25, 0.3) is 0 Å². The summed E-state index contributed by atoms with van der Waals surface area (Å²) in [6.45, 7) is 4.47. The van der Waals surface area contributed by atoms with E-state index in [0.29, 0.717) is 35.8 Å². The molecule has 124 valence electrons. The van der Waals surface area contributed by atoms with E-state index in [1.54, 1.807) is 18.2 Å². The molecule has 0 bridgehead atoms. The van der Waals surface area contributed by atoms with Crippen LogP contribution in [-0.4, -0.2) is 26.8 Å². The summed E-state index contributed by atoms with van der Waals surface area (Å²) in [7, 11) is 0. The van der Waals surface area contributed by atoms with Gasteiger partial charge >= 0.3 is 5.69 Å². The molecular formula is C16H22FN5O. The maximum atomic E-state index is 13.8. The van der Waals surface area contributed by atoms with E-state index in [2.05, 4.69) is 34.9 Å². The number of H-pyrrole nitrogens is 1. The first-order valence-electron chi connectivity index (χ1n) is 7.95. The molecule has 6 nitrogen and oxygen atoms in total. The third-order valence-electron chi connectivity index (χ3n) is 4.65. The van der Waals surface area contributed by atoms with Crippen LogP contribution in [0.4, 0.5) is 4.39 Å². The first-order valence-corrected chi connectivity index (χ1v) is 7.95. The third kappa shape index (κ3) is 3.35. The van der Waals surface area contributed by atoms with Crippen molar-refractivity contribution in [3.05, 3.63) is 52.0 Å². The van der Waals surface area contributed by atoms with E-state index < -0.39 is 0 Å². The van der Waals surface area contributed by atoms with Crippen molar-refractivity contribution in [2.75, 3.05) is 0 Å².